The van der Waals surface area contributed by atoms with E-state index in [4.69, 9.17) is 4.74 Å². The second kappa shape index (κ2) is 5.99. The molecule has 0 saturated heterocycles. The molecule has 8 heteroatoms. The van der Waals surface area contributed by atoms with Gasteiger partial charge in [-0.05, 0) is 32.4 Å². The number of aliphatic hydroxyl groups excluding tert-OH is 1. The number of nitrogens with zero attached hydrogens (tertiary/aromatic N) is 2. The number of hydrogen-bond acceptors (Lipinski definition) is 4. The zero-order valence-electron chi connectivity index (χ0n) is 13.1. The van der Waals surface area contributed by atoms with Gasteiger partial charge in [0.15, 0.2) is 6.10 Å². The molecular formula is C15H19F3N2O3. The fraction of sp³-hybridized carbons (Fsp3) is 0.600. The summed E-state index contributed by atoms with van der Waals surface area (Å²) in [6, 6.07) is 1.25. The molecule has 1 N–H and O–H groups in total. The van der Waals surface area contributed by atoms with Crippen LogP contribution in [0.5, 0.6) is 0 Å². The lowest BCUT2D eigenvalue weighted by molar-refractivity contribution is -0.206. The molecule has 23 heavy (non-hydrogen) atoms. The van der Waals surface area contributed by atoms with E-state index in [-0.39, 0.29) is 12.1 Å². The fourth-order valence-electron chi connectivity index (χ4n) is 2.27. The van der Waals surface area contributed by atoms with Crippen LogP contribution < -0.4 is 0 Å². The number of ether oxygens (including phenoxy) is 1. The molecule has 1 amide bonds. The Morgan fingerprint density at radius 3 is 2.61 bits per heavy atom. The minimum Gasteiger partial charge on any atom is -0.444 e. The minimum absolute atomic E-state index is 0.107. The van der Waals surface area contributed by atoms with Crippen molar-refractivity contribution in [3.63, 3.8) is 0 Å². The second-order valence-corrected chi connectivity index (χ2v) is 6.47. The Kier molecular flexibility index (Phi) is 4.57. The molecule has 5 nitrogen and oxygen atoms in total. The maximum atomic E-state index is 12.6. The molecule has 0 bridgehead atoms. The van der Waals surface area contributed by atoms with Crippen molar-refractivity contribution in [1.82, 2.24) is 9.88 Å². The Morgan fingerprint density at radius 1 is 1.39 bits per heavy atom. The zero-order chi connectivity index (χ0) is 17.4. The average molecular weight is 332 g/mol. The SMILES string of the molecule is CC(C)(C)OC(=O)N1CCc2ncc(C(O)C(F)(F)F)cc2C1. The van der Waals surface area contributed by atoms with Gasteiger partial charge in [-0.1, -0.05) is 0 Å². The Balaban J connectivity index is 2.18. The summed E-state index contributed by atoms with van der Waals surface area (Å²) in [5.74, 6) is 0. The quantitative estimate of drug-likeness (QED) is 0.859. The number of aliphatic hydroxyl groups is 1. The monoisotopic (exact) mass is 332 g/mol. The van der Waals surface area contributed by atoms with Gasteiger partial charge in [0.05, 0.1) is 6.54 Å². The van der Waals surface area contributed by atoms with Crippen LogP contribution in [0.15, 0.2) is 12.3 Å². The molecule has 1 aromatic heterocycles. The van der Waals surface area contributed by atoms with E-state index in [2.05, 4.69) is 4.98 Å². The standard InChI is InChI=1S/C15H19F3N2O3/c1-14(2,3)23-13(22)20-5-4-11-10(8-20)6-9(7-19-11)12(21)15(16,17)18/h6-7,12,21H,4-5,8H2,1-3H3. The topological polar surface area (TPSA) is 62.7 Å². The molecule has 128 valence electrons. The summed E-state index contributed by atoms with van der Waals surface area (Å²) >= 11 is 0. The lowest BCUT2D eigenvalue weighted by Crippen LogP contribution is -2.40. The van der Waals surface area contributed by atoms with Crippen LogP contribution >= 0.6 is 0 Å². The highest BCUT2D eigenvalue weighted by Crippen LogP contribution is 2.33. The number of fused-ring (bicyclic) bond motifs is 1. The average Bonchev–Trinajstić information content (AvgIpc) is 2.42. The van der Waals surface area contributed by atoms with E-state index in [9.17, 15) is 23.1 Å². The van der Waals surface area contributed by atoms with Gasteiger partial charge in [0.1, 0.15) is 5.60 Å². The molecule has 0 fully saturated rings. The Labute approximate surface area is 132 Å². The molecule has 2 rings (SSSR count). The zero-order valence-corrected chi connectivity index (χ0v) is 13.1. The molecule has 0 aromatic carbocycles. The van der Waals surface area contributed by atoms with Crippen LogP contribution in [0.4, 0.5) is 18.0 Å². The summed E-state index contributed by atoms with van der Waals surface area (Å²) in [5.41, 5.74) is 0.136. The highest BCUT2D eigenvalue weighted by molar-refractivity contribution is 5.68. The number of hydrogen-bond donors (Lipinski definition) is 1. The van der Waals surface area contributed by atoms with Crippen molar-refractivity contribution in [2.24, 2.45) is 0 Å². The third-order valence-corrected chi connectivity index (χ3v) is 3.34. The number of amides is 1. The van der Waals surface area contributed by atoms with Crippen LogP contribution in [0, 0.1) is 0 Å². The first-order chi connectivity index (χ1) is 10.5. The Hall–Kier alpha value is -1.83. The van der Waals surface area contributed by atoms with Crippen molar-refractivity contribution in [3.8, 4) is 0 Å². The normalized spacial score (nSPS) is 16.7. The van der Waals surface area contributed by atoms with Crippen LogP contribution in [0.3, 0.4) is 0 Å². The number of carbonyl (C=O) groups is 1. The molecule has 1 atom stereocenters. The summed E-state index contributed by atoms with van der Waals surface area (Å²) in [7, 11) is 0. The van der Waals surface area contributed by atoms with Gasteiger partial charge < -0.3 is 14.7 Å². The molecule has 0 saturated carbocycles. The van der Waals surface area contributed by atoms with Gasteiger partial charge in [-0.3, -0.25) is 4.98 Å². The van der Waals surface area contributed by atoms with E-state index in [1.54, 1.807) is 20.8 Å². The first kappa shape index (κ1) is 17.5. The number of pyridine rings is 1. The Bertz CT molecular complexity index is 597. The molecule has 1 aliphatic heterocycles. The lowest BCUT2D eigenvalue weighted by Gasteiger charge is -2.31. The molecule has 1 aliphatic rings. The molecule has 2 heterocycles. The van der Waals surface area contributed by atoms with Gasteiger partial charge >= 0.3 is 12.3 Å². The molecule has 0 spiro atoms. The van der Waals surface area contributed by atoms with Gasteiger partial charge in [0.25, 0.3) is 0 Å². The first-order valence-corrected chi connectivity index (χ1v) is 7.18. The molecular weight excluding hydrogens is 313 g/mol. The van der Waals surface area contributed by atoms with Crippen molar-refractivity contribution in [2.75, 3.05) is 6.54 Å². The summed E-state index contributed by atoms with van der Waals surface area (Å²) in [5, 5.41) is 9.32. The van der Waals surface area contributed by atoms with Crippen molar-refractivity contribution >= 4 is 6.09 Å². The number of aromatic nitrogens is 1. The van der Waals surface area contributed by atoms with Gasteiger partial charge in [-0.15, -0.1) is 0 Å². The molecule has 1 unspecified atom stereocenters. The number of halogens is 3. The summed E-state index contributed by atoms with van der Waals surface area (Å²) in [4.78, 5) is 17.5. The maximum absolute atomic E-state index is 12.6. The lowest BCUT2D eigenvalue weighted by atomic mass is 10.0. The van der Waals surface area contributed by atoms with Crippen LogP contribution in [0.1, 0.15) is 43.7 Å². The van der Waals surface area contributed by atoms with Crippen LogP contribution in [-0.4, -0.2) is 39.4 Å². The number of alkyl halides is 3. The van der Waals surface area contributed by atoms with Gasteiger partial charge in [-0.2, -0.15) is 13.2 Å². The maximum Gasteiger partial charge on any atom is 0.418 e. The van der Waals surface area contributed by atoms with E-state index in [1.165, 1.54) is 11.0 Å². The second-order valence-electron chi connectivity index (χ2n) is 6.47. The van der Waals surface area contributed by atoms with Crippen LogP contribution in [-0.2, 0) is 17.7 Å². The number of carbonyl (C=O) groups excluding carboxylic acids is 1. The first-order valence-electron chi connectivity index (χ1n) is 7.18. The predicted octanol–water partition coefficient (Wildman–Crippen LogP) is 2.97. The van der Waals surface area contributed by atoms with Gasteiger partial charge in [0.2, 0.25) is 0 Å². The summed E-state index contributed by atoms with van der Waals surface area (Å²) < 4.78 is 43.0. The Morgan fingerprint density at radius 2 is 2.04 bits per heavy atom. The third kappa shape index (κ3) is 4.34. The van der Waals surface area contributed by atoms with E-state index in [0.29, 0.717) is 24.2 Å². The van der Waals surface area contributed by atoms with Crippen molar-refractivity contribution in [1.29, 1.82) is 0 Å². The van der Waals surface area contributed by atoms with Gasteiger partial charge in [-0.25, -0.2) is 4.79 Å². The van der Waals surface area contributed by atoms with Crippen LogP contribution in [0.2, 0.25) is 0 Å². The van der Waals surface area contributed by atoms with Crippen molar-refractivity contribution in [3.05, 3.63) is 29.1 Å². The fourth-order valence-corrected chi connectivity index (χ4v) is 2.27. The number of rotatable bonds is 1. The summed E-state index contributed by atoms with van der Waals surface area (Å²) in [6.07, 6.45) is -6.41. The van der Waals surface area contributed by atoms with Gasteiger partial charge in [0, 0.05) is 30.4 Å². The van der Waals surface area contributed by atoms with E-state index < -0.39 is 24.0 Å². The van der Waals surface area contributed by atoms with Crippen LogP contribution in [0.25, 0.3) is 0 Å². The van der Waals surface area contributed by atoms with Crippen molar-refractivity contribution in [2.45, 2.75) is 51.6 Å². The largest absolute Gasteiger partial charge is 0.444 e. The minimum atomic E-state index is -4.75. The molecule has 0 radical (unpaired) electrons. The predicted molar refractivity (Wildman–Crippen MR) is 75.6 cm³/mol. The highest BCUT2D eigenvalue weighted by Gasteiger charge is 2.40. The van der Waals surface area contributed by atoms with Crippen molar-refractivity contribution < 1.29 is 27.8 Å². The smallest absolute Gasteiger partial charge is 0.418 e. The molecule has 0 aliphatic carbocycles. The highest BCUT2D eigenvalue weighted by atomic mass is 19.4. The van der Waals surface area contributed by atoms with E-state index in [1.807, 2.05) is 0 Å². The van der Waals surface area contributed by atoms with E-state index in [0.717, 1.165) is 6.20 Å². The van der Waals surface area contributed by atoms with E-state index >= 15 is 0 Å². The molecule has 1 aromatic rings. The third-order valence-electron chi connectivity index (χ3n) is 3.34. The summed E-state index contributed by atoms with van der Waals surface area (Å²) in [6.45, 7) is 5.71.